The van der Waals surface area contributed by atoms with Crippen molar-refractivity contribution in [3.05, 3.63) is 36.5 Å². The molecule has 0 spiro atoms. The molecule has 2 aromatic rings. The van der Waals surface area contributed by atoms with Gasteiger partial charge in [0, 0.05) is 36.4 Å². The summed E-state index contributed by atoms with van der Waals surface area (Å²) < 4.78 is 0. The first-order valence-electron chi connectivity index (χ1n) is 6.64. The van der Waals surface area contributed by atoms with E-state index in [-0.39, 0.29) is 0 Å². The fraction of sp³-hybridized carbons (Fsp3) is 0.400. The second kappa shape index (κ2) is 4.94. The van der Waals surface area contributed by atoms with Crippen molar-refractivity contribution in [3.63, 3.8) is 0 Å². The number of pyridine rings is 1. The fourth-order valence-corrected chi connectivity index (χ4v) is 2.77. The highest BCUT2D eigenvalue weighted by atomic mass is 15.1. The lowest BCUT2D eigenvalue weighted by molar-refractivity contribution is 0.443. The number of fused-ring (bicyclic) bond motifs is 1. The van der Waals surface area contributed by atoms with Gasteiger partial charge in [-0.1, -0.05) is 18.2 Å². The largest absolute Gasteiger partial charge is 0.371 e. The van der Waals surface area contributed by atoms with Gasteiger partial charge in [0.15, 0.2) is 0 Å². The maximum atomic E-state index is 4.43. The minimum Gasteiger partial charge on any atom is -0.371 e. The molecule has 1 aromatic heterocycles. The Hall–Kier alpha value is -1.61. The molecule has 0 amide bonds. The molecule has 1 N–H and O–H groups in total. The van der Waals surface area contributed by atoms with E-state index < -0.39 is 0 Å². The molecule has 0 radical (unpaired) electrons. The van der Waals surface area contributed by atoms with Gasteiger partial charge in [0.2, 0.25) is 0 Å². The van der Waals surface area contributed by atoms with Crippen molar-refractivity contribution in [2.75, 3.05) is 25.0 Å². The van der Waals surface area contributed by atoms with Crippen molar-refractivity contribution in [1.29, 1.82) is 0 Å². The highest BCUT2D eigenvalue weighted by Crippen LogP contribution is 2.27. The lowest BCUT2D eigenvalue weighted by Crippen LogP contribution is -2.41. The summed E-state index contributed by atoms with van der Waals surface area (Å²) in [6, 6.07) is 11.2. The average molecular weight is 241 g/mol. The molecule has 94 valence electrons. The van der Waals surface area contributed by atoms with E-state index in [0.29, 0.717) is 6.04 Å². The standard InChI is InChI=1S/C15H19N3/c1-16-12-7-10-18(11-8-12)15-6-9-17-14-5-3-2-4-13(14)15/h2-6,9,12,16H,7-8,10-11H2,1H3. The molecule has 1 aliphatic heterocycles. The molecular weight excluding hydrogens is 222 g/mol. The van der Waals surface area contributed by atoms with Crippen LogP contribution in [0.5, 0.6) is 0 Å². The van der Waals surface area contributed by atoms with Crippen molar-refractivity contribution in [2.45, 2.75) is 18.9 Å². The van der Waals surface area contributed by atoms with Crippen molar-refractivity contribution in [1.82, 2.24) is 10.3 Å². The quantitative estimate of drug-likeness (QED) is 0.875. The molecule has 0 bridgehead atoms. The normalized spacial score (nSPS) is 17.3. The Morgan fingerprint density at radius 3 is 2.72 bits per heavy atom. The number of hydrogen-bond donors (Lipinski definition) is 1. The Morgan fingerprint density at radius 2 is 1.94 bits per heavy atom. The summed E-state index contributed by atoms with van der Waals surface area (Å²) in [7, 11) is 2.06. The molecule has 1 aliphatic rings. The van der Waals surface area contributed by atoms with E-state index in [0.717, 1.165) is 18.6 Å². The second-order valence-corrected chi connectivity index (χ2v) is 4.90. The minimum atomic E-state index is 0.675. The van der Waals surface area contributed by atoms with Crippen LogP contribution in [0.25, 0.3) is 10.9 Å². The lowest BCUT2D eigenvalue weighted by atomic mass is 10.0. The van der Waals surface area contributed by atoms with Crippen LogP contribution in [0.2, 0.25) is 0 Å². The molecule has 18 heavy (non-hydrogen) atoms. The van der Waals surface area contributed by atoms with E-state index in [1.165, 1.54) is 23.9 Å². The summed E-state index contributed by atoms with van der Waals surface area (Å²) >= 11 is 0. The Labute approximate surface area is 108 Å². The Kier molecular flexibility index (Phi) is 3.15. The second-order valence-electron chi connectivity index (χ2n) is 4.90. The van der Waals surface area contributed by atoms with Crippen LogP contribution in [0, 0.1) is 0 Å². The van der Waals surface area contributed by atoms with Gasteiger partial charge in [0.1, 0.15) is 0 Å². The summed E-state index contributed by atoms with van der Waals surface area (Å²) in [5, 5.41) is 4.64. The number of piperidine rings is 1. The predicted octanol–water partition coefficient (Wildman–Crippen LogP) is 2.42. The van der Waals surface area contributed by atoms with Gasteiger partial charge in [0.25, 0.3) is 0 Å². The number of anilines is 1. The highest BCUT2D eigenvalue weighted by molar-refractivity contribution is 5.91. The molecule has 0 unspecified atom stereocenters. The van der Waals surface area contributed by atoms with Crippen LogP contribution in [0.1, 0.15) is 12.8 Å². The molecule has 1 aromatic carbocycles. The maximum absolute atomic E-state index is 4.43. The van der Waals surface area contributed by atoms with Gasteiger partial charge in [-0.15, -0.1) is 0 Å². The van der Waals surface area contributed by atoms with Gasteiger partial charge in [-0.05, 0) is 32.0 Å². The smallest absolute Gasteiger partial charge is 0.0722 e. The number of hydrogen-bond acceptors (Lipinski definition) is 3. The summed E-state index contributed by atoms with van der Waals surface area (Å²) in [6.07, 6.45) is 4.35. The zero-order chi connectivity index (χ0) is 12.4. The van der Waals surface area contributed by atoms with E-state index in [1.54, 1.807) is 0 Å². The lowest BCUT2D eigenvalue weighted by Gasteiger charge is -2.34. The number of benzene rings is 1. The van der Waals surface area contributed by atoms with Crippen LogP contribution < -0.4 is 10.2 Å². The Bertz CT molecular complexity index is 525. The van der Waals surface area contributed by atoms with Gasteiger partial charge >= 0.3 is 0 Å². The van der Waals surface area contributed by atoms with Crippen molar-refractivity contribution in [3.8, 4) is 0 Å². The van der Waals surface area contributed by atoms with Gasteiger partial charge in [0.05, 0.1) is 5.52 Å². The molecule has 3 heteroatoms. The van der Waals surface area contributed by atoms with Crippen LogP contribution >= 0.6 is 0 Å². The summed E-state index contributed by atoms with van der Waals surface area (Å²) in [5.41, 5.74) is 2.42. The average Bonchev–Trinajstić information content (AvgIpc) is 2.47. The fourth-order valence-electron chi connectivity index (χ4n) is 2.77. The molecule has 3 rings (SSSR count). The summed E-state index contributed by atoms with van der Waals surface area (Å²) in [6.45, 7) is 2.25. The topological polar surface area (TPSA) is 28.2 Å². The third kappa shape index (κ3) is 2.06. The molecule has 3 nitrogen and oxygen atoms in total. The molecule has 1 fully saturated rings. The molecule has 0 atom stereocenters. The first-order valence-corrected chi connectivity index (χ1v) is 6.64. The number of nitrogens with one attached hydrogen (secondary N) is 1. The monoisotopic (exact) mass is 241 g/mol. The van der Waals surface area contributed by atoms with E-state index in [1.807, 2.05) is 12.3 Å². The first kappa shape index (κ1) is 11.5. The maximum Gasteiger partial charge on any atom is 0.0722 e. The van der Waals surface area contributed by atoms with Crippen LogP contribution in [-0.4, -0.2) is 31.2 Å². The third-order valence-corrected chi connectivity index (χ3v) is 3.87. The van der Waals surface area contributed by atoms with Gasteiger partial charge in [-0.3, -0.25) is 4.98 Å². The van der Waals surface area contributed by atoms with E-state index in [2.05, 4.69) is 46.5 Å². The third-order valence-electron chi connectivity index (χ3n) is 3.87. The van der Waals surface area contributed by atoms with E-state index in [4.69, 9.17) is 0 Å². The summed E-state index contributed by atoms with van der Waals surface area (Å²) in [5.74, 6) is 0. The van der Waals surface area contributed by atoms with Crippen molar-refractivity contribution < 1.29 is 0 Å². The molecule has 0 aliphatic carbocycles. The summed E-state index contributed by atoms with van der Waals surface area (Å²) in [4.78, 5) is 6.91. The molecular formula is C15H19N3. The van der Waals surface area contributed by atoms with Crippen LogP contribution in [0.3, 0.4) is 0 Å². The zero-order valence-electron chi connectivity index (χ0n) is 10.8. The molecule has 1 saturated heterocycles. The van der Waals surface area contributed by atoms with Crippen molar-refractivity contribution >= 4 is 16.6 Å². The minimum absolute atomic E-state index is 0.675. The van der Waals surface area contributed by atoms with E-state index in [9.17, 15) is 0 Å². The van der Waals surface area contributed by atoms with Gasteiger partial charge < -0.3 is 10.2 Å². The van der Waals surface area contributed by atoms with Crippen LogP contribution in [0.4, 0.5) is 5.69 Å². The molecule has 2 heterocycles. The van der Waals surface area contributed by atoms with E-state index >= 15 is 0 Å². The number of rotatable bonds is 2. The van der Waals surface area contributed by atoms with Gasteiger partial charge in [-0.25, -0.2) is 0 Å². The highest BCUT2D eigenvalue weighted by Gasteiger charge is 2.19. The predicted molar refractivity (Wildman–Crippen MR) is 76.0 cm³/mol. The number of para-hydroxylation sites is 1. The Balaban J connectivity index is 1.91. The zero-order valence-corrected chi connectivity index (χ0v) is 10.8. The molecule has 0 saturated carbocycles. The number of nitrogens with zero attached hydrogens (tertiary/aromatic N) is 2. The SMILES string of the molecule is CNC1CCN(c2ccnc3ccccc23)CC1. The van der Waals surface area contributed by atoms with Crippen LogP contribution in [-0.2, 0) is 0 Å². The van der Waals surface area contributed by atoms with Crippen molar-refractivity contribution in [2.24, 2.45) is 0 Å². The first-order chi connectivity index (χ1) is 8.88. The van der Waals surface area contributed by atoms with Crippen LogP contribution in [0.15, 0.2) is 36.5 Å². The number of aromatic nitrogens is 1. The Morgan fingerprint density at radius 1 is 1.17 bits per heavy atom. The van der Waals surface area contributed by atoms with Gasteiger partial charge in [-0.2, -0.15) is 0 Å².